The molecule has 1 aliphatic rings. The van der Waals surface area contributed by atoms with Gasteiger partial charge in [-0.3, -0.25) is 4.79 Å². The van der Waals surface area contributed by atoms with Gasteiger partial charge in [-0.05, 0) is 30.3 Å². The summed E-state index contributed by atoms with van der Waals surface area (Å²) in [4.78, 5) is 16.9. The molecule has 0 spiro atoms. The second-order valence-electron chi connectivity index (χ2n) is 6.73. The summed E-state index contributed by atoms with van der Waals surface area (Å²) in [5.74, 6) is 1.14. The number of rotatable bonds is 5. The number of para-hydroxylation sites is 1. The lowest BCUT2D eigenvalue weighted by molar-refractivity contribution is 0.100. The van der Waals surface area contributed by atoms with E-state index in [1.807, 2.05) is 46.6 Å². The molecule has 0 amide bonds. The molecule has 3 heterocycles. The lowest BCUT2D eigenvalue weighted by atomic mass is 10.00. The molecular weight excluding hydrogens is 398 g/mol. The topological polar surface area (TPSA) is 66.2 Å². The molecule has 1 aliphatic heterocycles. The molecule has 0 N–H and O–H groups in total. The predicted octanol–water partition coefficient (Wildman–Crippen LogP) is 4.57. The molecular formula is C23H17N3O3S. The number of carbonyl (C=O) groups excluding carboxylic acids is 1. The highest BCUT2D eigenvalue weighted by Crippen LogP contribution is 2.32. The lowest BCUT2D eigenvalue weighted by Gasteiger charge is -2.19. The van der Waals surface area contributed by atoms with Gasteiger partial charge < -0.3 is 9.47 Å². The number of ether oxygens (including phenoxy) is 2. The minimum Gasteiger partial charge on any atom is -0.489 e. The number of ketones is 1. The Morgan fingerprint density at radius 3 is 2.93 bits per heavy atom. The van der Waals surface area contributed by atoms with Gasteiger partial charge in [-0.15, -0.1) is 11.3 Å². The van der Waals surface area contributed by atoms with Gasteiger partial charge in [0.05, 0.1) is 17.4 Å². The summed E-state index contributed by atoms with van der Waals surface area (Å²) < 4.78 is 13.5. The van der Waals surface area contributed by atoms with Crippen LogP contribution in [0.5, 0.6) is 11.5 Å². The van der Waals surface area contributed by atoms with Crippen molar-refractivity contribution < 1.29 is 14.3 Å². The van der Waals surface area contributed by atoms with Crippen molar-refractivity contribution in [3.8, 4) is 17.2 Å². The van der Waals surface area contributed by atoms with Gasteiger partial charge in [-0.1, -0.05) is 18.2 Å². The minimum absolute atomic E-state index is 0.0397. The van der Waals surface area contributed by atoms with E-state index in [2.05, 4.69) is 10.1 Å². The normalized spacial score (nSPS) is 14.4. The van der Waals surface area contributed by atoms with Crippen LogP contribution in [0.15, 0.2) is 78.1 Å². The van der Waals surface area contributed by atoms with E-state index < -0.39 is 0 Å². The van der Waals surface area contributed by atoms with Gasteiger partial charge in [-0.2, -0.15) is 5.10 Å². The number of Topliss-reactive ketones (excluding diaryl/α,β-unsaturated/α-hetero) is 1. The van der Waals surface area contributed by atoms with E-state index in [0.717, 1.165) is 16.3 Å². The molecule has 5 rings (SSSR count). The van der Waals surface area contributed by atoms with Crippen LogP contribution >= 0.6 is 11.3 Å². The van der Waals surface area contributed by atoms with Gasteiger partial charge in [0.25, 0.3) is 0 Å². The van der Waals surface area contributed by atoms with Crippen LogP contribution in [0.3, 0.4) is 0 Å². The Hall–Kier alpha value is -3.71. The molecule has 30 heavy (non-hydrogen) atoms. The summed E-state index contributed by atoms with van der Waals surface area (Å²) >= 11 is 1.48. The first kappa shape index (κ1) is 18.3. The summed E-state index contributed by atoms with van der Waals surface area (Å²) in [5.41, 5.74) is 3.07. The van der Waals surface area contributed by atoms with Crippen LogP contribution in [0.4, 0.5) is 0 Å². The van der Waals surface area contributed by atoms with Crippen LogP contribution in [-0.4, -0.2) is 27.2 Å². The molecule has 0 atom stereocenters. The van der Waals surface area contributed by atoms with E-state index >= 15 is 0 Å². The standard InChI is InChI=1S/C23H17N3O3S/c27-23-17(10-22-24-8-9-30-22)15-29-21-11-19(6-7-20(21)23)28-14-16-12-25-26(13-16)18-4-2-1-3-5-18/h1-13H,14-15H2/b17-10+. The fraction of sp³-hybridized carbons (Fsp3) is 0.0870. The number of aromatic nitrogens is 3. The average Bonchev–Trinajstić information content (AvgIpc) is 3.47. The molecule has 4 aromatic rings. The number of fused-ring (bicyclic) bond motifs is 1. The second kappa shape index (κ2) is 7.96. The van der Waals surface area contributed by atoms with Crippen molar-refractivity contribution in [3.63, 3.8) is 0 Å². The van der Waals surface area contributed by atoms with Crippen LogP contribution in [0, 0.1) is 0 Å². The monoisotopic (exact) mass is 415 g/mol. The van der Waals surface area contributed by atoms with Crippen LogP contribution < -0.4 is 9.47 Å². The molecule has 0 unspecified atom stereocenters. The molecule has 0 saturated carbocycles. The molecule has 2 aromatic heterocycles. The van der Waals surface area contributed by atoms with Gasteiger partial charge in [0.1, 0.15) is 29.7 Å². The second-order valence-corrected chi connectivity index (χ2v) is 7.66. The smallest absolute Gasteiger partial charge is 0.196 e. The Labute approximate surface area is 177 Å². The van der Waals surface area contributed by atoms with Crippen molar-refractivity contribution in [1.82, 2.24) is 14.8 Å². The molecule has 0 aliphatic carbocycles. The zero-order chi connectivity index (χ0) is 20.3. The highest BCUT2D eigenvalue weighted by molar-refractivity contribution is 7.10. The van der Waals surface area contributed by atoms with Crippen molar-refractivity contribution in [3.05, 3.63) is 94.2 Å². The zero-order valence-corrected chi connectivity index (χ0v) is 16.7. The van der Waals surface area contributed by atoms with E-state index in [1.54, 1.807) is 36.7 Å². The van der Waals surface area contributed by atoms with Gasteiger partial charge in [0.15, 0.2) is 5.78 Å². The van der Waals surface area contributed by atoms with Crippen molar-refractivity contribution in [2.24, 2.45) is 0 Å². The van der Waals surface area contributed by atoms with Gasteiger partial charge in [0, 0.05) is 35.0 Å². The van der Waals surface area contributed by atoms with Crippen molar-refractivity contribution in [2.45, 2.75) is 6.61 Å². The van der Waals surface area contributed by atoms with Crippen LogP contribution in [-0.2, 0) is 6.61 Å². The minimum atomic E-state index is -0.0397. The molecule has 7 heteroatoms. The maximum atomic E-state index is 12.7. The molecule has 0 bridgehead atoms. The average molecular weight is 415 g/mol. The van der Waals surface area contributed by atoms with E-state index in [1.165, 1.54) is 11.3 Å². The van der Waals surface area contributed by atoms with Crippen molar-refractivity contribution in [1.29, 1.82) is 0 Å². The van der Waals surface area contributed by atoms with Gasteiger partial charge in [-0.25, -0.2) is 9.67 Å². The summed E-state index contributed by atoms with van der Waals surface area (Å²) in [5, 5.41) is 7.04. The van der Waals surface area contributed by atoms with Crippen molar-refractivity contribution >= 4 is 23.2 Å². The van der Waals surface area contributed by atoms with Gasteiger partial charge >= 0.3 is 0 Å². The number of hydrogen-bond acceptors (Lipinski definition) is 6. The largest absolute Gasteiger partial charge is 0.489 e. The van der Waals surface area contributed by atoms with E-state index in [-0.39, 0.29) is 12.4 Å². The fourth-order valence-electron chi connectivity index (χ4n) is 3.18. The summed E-state index contributed by atoms with van der Waals surface area (Å²) in [7, 11) is 0. The highest BCUT2D eigenvalue weighted by atomic mass is 32.1. The molecule has 2 aromatic carbocycles. The molecule has 0 radical (unpaired) electrons. The first-order chi connectivity index (χ1) is 14.8. The Kier molecular flexibility index (Phi) is 4.86. The molecule has 0 fully saturated rings. The summed E-state index contributed by atoms with van der Waals surface area (Å²) in [6, 6.07) is 15.2. The van der Waals surface area contributed by atoms with Crippen LogP contribution in [0.25, 0.3) is 11.8 Å². The highest BCUT2D eigenvalue weighted by Gasteiger charge is 2.24. The van der Waals surface area contributed by atoms with Gasteiger partial charge in [0.2, 0.25) is 0 Å². The van der Waals surface area contributed by atoms with Crippen molar-refractivity contribution in [2.75, 3.05) is 6.61 Å². The number of hydrogen-bond donors (Lipinski definition) is 0. The number of benzene rings is 2. The Morgan fingerprint density at radius 1 is 1.20 bits per heavy atom. The third-order valence-electron chi connectivity index (χ3n) is 4.68. The Balaban J connectivity index is 1.28. The SMILES string of the molecule is O=C1/C(=C/c2nccs2)COc2cc(OCc3cnn(-c4ccccc4)c3)ccc21. The number of thiazole rings is 1. The third kappa shape index (κ3) is 3.75. The number of nitrogens with zero attached hydrogens (tertiary/aromatic N) is 3. The molecule has 0 saturated heterocycles. The van der Waals surface area contributed by atoms with E-state index in [0.29, 0.717) is 29.2 Å². The molecule has 6 nitrogen and oxygen atoms in total. The first-order valence-corrected chi connectivity index (χ1v) is 10.3. The quantitative estimate of drug-likeness (QED) is 0.447. The summed E-state index contributed by atoms with van der Waals surface area (Å²) in [6.45, 7) is 0.591. The fourth-order valence-corrected chi connectivity index (χ4v) is 3.77. The molecule has 148 valence electrons. The lowest BCUT2D eigenvalue weighted by Crippen LogP contribution is -2.19. The summed E-state index contributed by atoms with van der Waals surface area (Å²) in [6.07, 6.45) is 7.21. The Morgan fingerprint density at radius 2 is 2.10 bits per heavy atom. The van der Waals surface area contributed by atoms with E-state index in [9.17, 15) is 4.79 Å². The number of carbonyl (C=O) groups is 1. The maximum absolute atomic E-state index is 12.7. The first-order valence-electron chi connectivity index (χ1n) is 9.40. The van der Waals surface area contributed by atoms with E-state index in [4.69, 9.17) is 9.47 Å². The predicted molar refractivity (Wildman–Crippen MR) is 114 cm³/mol. The third-order valence-corrected chi connectivity index (χ3v) is 5.41. The maximum Gasteiger partial charge on any atom is 0.196 e. The zero-order valence-electron chi connectivity index (χ0n) is 15.9. The Bertz CT molecular complexity index is 1210. The van der Waals surface area contributed by atoms with Crippen LogP contribution in [0.2, 0.25) is 0 Å². The van der Waals surface area contributed by atoms with Crippen LogP contribution in [0.1, 0.15) is 20.9 Å².